The van der Waals surface area contributed by atoms with Crippen LogP contribution in [0.5, 0.6) is 0 Å². The van der Waals surface area contributed by atoms with Crippen LogP contribution in [0.4, 0.5) is 0 Å². The highest BCUT2D eigenvalue weighted by atomic mass is 32.2. The number of nitrogens with zero attached hydrogens (tertiary/aromatic N) is 3. The molecule has 1 aromatic rings. The predicted octanol–water partition coefficient (Wildman–Crippen LogP) is -0.555. The zero-order valence-corrected chi connectivity index (χ0v) is 14.5. The van der Waals surface area contributed by atoms with Crippen LogP contribution in [0.1, 0.15) is 36.7 Å². The van der Waals surface area contributed by atoms with Crippen LogP contribution in [-0.4, -0.2) is 54.7 Å². The van der Waals surface area contributed by atoms with E-state index in [9.17, 15) is 18.0 Å². The number of rotatable bonds is 4. The fourth-order valence-corrected chi connectivity index (χ4v) is 3.89. The highest BCUT2D eigenvalue weighted by Gasteiger charge is 2.28. The summed E-state index contributed by atoms with van der Waals surface area (Å²) in [5.41, 5.74) is 0.733. The molecule has 2 aliphatic heterocycles. The maximum absolute atomic E-state index is 12.2. The van der Waals surface area contributed by atoms with E-state index >= 15 is 0 Å². The minimum absolute atomic E-state index is 0.0912. The van der Waals surface area contributed by atoms with Crippen LogP contribution in [0.2, 0.25) is 0 Å². The molecule has 8 nitrogen and oxygen atoms in total. The second-order valence-electron chi connectivity index (χ2n) is 6.46. The van der Waals surface area contributed by atoms with E-state index in [1.165, 1.54) is 0 Å². The summed E-state index contributed by atoms with van der Waals surface area (Å²) in [7, 11) is -3.39. The number of likely N-dealkylation sites (tertiary alicyclic amines) is 1. The van der Waals surface area contributed by atoms with Crippen molar-refractivity contribution >= 4 is 15.9 Å². The van der Waals surface area contributed by atoms with Crippen molar-refractivity contribution in [2.45, 2.75) is 38.1 Å². The molecule has 3 heterocycles. The van der Waals surface area contributed by atoms with Gasteiger partial charge in [0.1, 0.15) is 5.82 Å². The lowest BCUT2D eigenvalue weighted by Gasteiger charge is -2.34. The number of aromatic nitrogens is 2. The quantitative estimate of drug-likeness (QED) is 0.781. The Kier molecular flexibility index (Phi) is 4.73. The molecule has 9 heteroatoms. The van der Waals surface area contributed by atoms with Gasteiger partial charge >= 0.3 is 0 Å². The van der Waals surface area contributed by atoms with Gasteiger partial charge in [-0.1, -0.05) is 0 Å². The van der Waals surface area contributed by atoms with Crippen molar-refractivity contribution in [1.29, 1.82) is 0 Å². The zero-order valence-electron chi connectivity index (χ0n) is 13.7. The van der Waals surface area contributed by atoms with Crippen molar-refractivity contribution in [3.8, 4) is 0 Å². The lowest BCUT2D eigenvalue weighted by atomic mass is 9.94. The summed E-state index contributed by atoms with van der Waals surface area (Å²) in [4.78, 5) is 29.8. The van der Waals surface area contributed by atoms with E-state index in [2.05, 4.69) is 14.3 Å². The number of fused-ring (bicyclic) bond motifs is 1. The van der Waals surface area contributed by atoms with Crippen LogP contribution in [0.25, 0.3) is 0 Å². The minimum Gasteiger partial charge on any atom is -0.341 e. The first kappa shape index (κ1) is 17.1. The van der Waals surface area contributed by atoms with E-state index in [1.807, 2.05) is 0 Å². The Labute approximate surface area is 140 Å². The molecule has 0 bridgehead atoms. The molecule has 0 unspecified atom stereocenters. The third-order valence-corrected chi connectivity index (χ3v) is 5.26. The smallest absolute Gasteiger partial charge is 0.273 e. The first-order chi connectivity index (χ1) is 11.3. The number of nitrogens with one attached hydrogen (secondary N) is 1. The van der Waals surface area contributed by atoms with Crippen molar-refractivity contribution in [2.75, 3.05) is 25.9 Å². The van der Waals surface area contributed by atoms with Crippen molar-refractivity contribution in [3.05, 3.63) is 27.9 Å². The van der Waals surface area contributed by atoms with Crippen LogP contribution in [-0.2, 0) is 27.8 Å². The molecular weight excluding hydrogens is 332 g/mol. The standard InChI is InChI=1S/C15H22N4O4S/c1-24(22,23)16-9-15(21)18-6-2-4-11(10-18)12-8-14(20)17-13-5-3-7-19(12)13/h8,11,16H,2-7,9-10H2,1H3/t11-/m1/s1. The number of piperidine rings is 1. The molecule has 0 spiro atoms. The normalized spacial score (nSPS) is 20.9. The molecule has 1 atom stereocenters. The molecule has 0 radical (unpaired) electrons. The van der Waals surface area contributed by atoms with Crippen LogP contribution < -0.4 is 10.3 Å². The monoisotopic (exact) mass is 354 g/mol. The van der Waals surface area contributed by atoms with Gasteiger partial charge in [0.25, 0.3) is 5.56 Å². The lowest BCUT2D eigenvalue weighted by molar-refractivity contribution is -0.131. The summed E-state index contributed by atoms with van der Waals surface area (Å²) in [5.74, 6) is 0.691. The number of carbonyl (C=O) groups is 1. The molecule has 1 saturated heterocycles. The van der Waals surface area contributed by atoms with Gasteiger partial charge in [0.2, 0.25) is 15.9 Å². The highest BCUT2D eigenvalue weighted by Crippen LogP contribution is 2.28. The second-order valence-corrected chi connectivity index (χ2v) is 8.30. The average molecular weight is 354 g/mol. The summed E-state index contributed by atoms with van der Waals surface area (Å²) in [6.45, 7) is 1.76. The van der Waals surface area contributed by atoms with E-state index in [0.717, 1.165) is 50.0 Å². The maximum Gasteiger partial charge on any atom is 0.273 e. The molecule has 1 aromatic heterocycles. The van der Waals surface area contributed by atoms with Gasteiger partial charge in [-0.15, -0.1) is 0 Å². The first-order valence-corrected chi connectivity index (χ1v) is 10.1. The topological polar surface area (TPSA) is 101 Å². The summed E-state index contributed by atoms with van der Waals surface area (Å²) in [6, 6.07) is 1.59. The Morgan fingerprint density at radius 1 is 1.38 bits per heavy atom. The van der Waals surface area contributed by atoms with Gasteiger partial charge in [0, 0.05) is 43.7 Å². The van der Waals surface area contributed by atoms with Crippen molar-refractivity contribution in [2.24, 2.45) is 0 Å². The summed E-state index contributed by atoms with van der Waals surface area (Å²) in [6.07, 6.45) is 4.58. The third-order valence-electron chi connectivity index (χ3n) is 4.59. The number of sulfonamides is 1. The molecule has 24 heavy (non-hydrogen) atoms. The molecule has 132 valence electrons. The van der Waals surface area contributed by atoms with Crippen LogP contribution in [0, 0.1) is 0 Å². The molecule has 2 aliphatic rings. The Bertz CT molecular complexity index is 802. The van der Waals surface area contributed by atoms with Gasteiger partial charge in [-0.25, -0.2) is 13.1 Å². The van der Waals surface area contributed by atoms with Crippen LogP contribution in [0.15, 0.2) is 10.9 Å². The molecule has 0 aliphatic carbocycles. The minimum atomic E-state index is -3.39. The van der Waals surface area contributed by atoms with Crippen molar-refractivity contribution in [1.82, 2.24) is 19.2 Å². The van der Waals surface area contributed by atoms with Gasteiger partial charge in [0.05, 0.1) is 12.8 Å². The third kappa shape index (κ3) is 3.84. The Balaban J connectivity index is 1.75. The number of amides is 1. The zero-order chi connectivity index (χ0) is 17.3. The Morgan fingerprint density at radius 2 is 2.17 bits per heavy atom. The van der Waals surface area contributed by atoms with Crippen LogP contribution in [0.3, 0.4) is 0 Å². The predicted molar refractivity (Wildman–Crippen MR) is 88.2 cm³/mol. The molecular formula is C15H22N4O4S. The molecule has 1 fully saturated rings. The Hall–Kier alpha value is -1.74. The Morgan fingerprint density at radius 3 is 2.92 bits per heavy atom. The molecule has 0 saturated carbocycles. The van der Waals surface area contributed by atoms with E-state index in [0.29, 0.717) is 13.1 Å². The van der Waals surface area contributed by atoms with Crippen LogP contribution >= 0.6 is 0 Å². The van der Waals surface area contributed by atoms with E-state index in [4.69, 9.17) is 0 Å². The molecule has 3 rings (SSSR count). The molecule has 1 N–H and O–H groups in total. The van der Waals surface area contributed by atoms with Crippen molar-refractivity contribution < 1.29 is 13.2 Å². The van der Waals surface area contributed by atoms with E-state index in [1.54, 1.807) is 11.0 Å². The molecule has 0 aromatic carbocycles. The number of hydrogen-bond donors (Lipinski definition) is 1. The first-order valence-electron chi connectivity index (χ1n) is 8.16. The largest absolute Gasteiger partial charge is 0.341 e. The average Bonchev–Trinajstić information content (AvgIpc) is 2.99. The highest BCUT2D eigenvalue weighted by molar-refractivity contribution is 7.88. The SMILES string of the molecule is CS(=O)(=O)NCC(=O)N1CCC[C@@H](c2cc(=O)nc3n2CCC3)C1. The number of hydrogen-bond acceptors (Lipinski definition) is 5. The summed E-state index contributed by atoms with van der Waals surface area (Å²) < 4.78 is 26.6. The summed E-state index contributed by atoms with van der Waals surface area (Å²) >= 11 is 0. The summed E-state index contributed by atoms with van der Waals surface area (Å²) in [5, 5.41) is 0. The van der Waals surface area contributed by atoms with Gasteiger partial charge in [-0.3, -0.25) is 9.59 Å². The lowest BCUT2D eigenvalue weighted by Crippen LogP contribution is -2.44. The van der Waals surface area contributed by atoms with Gasteiger partial charge < -0.3 is 9.47 Å². The number of carbonyl (C=O) groups excluding carboxylic acids is 1. The van der Waals surface area contributed by atoms with E-state index in [-0.39, 0.29) is 23.9 Å². The van der Waals surface area contributed by atoms with Gasteiger partial charge in [0.15, 0.2) is 0 Å². The maximum atomic E-state index is 12.2. The fraction of sp³-hybridized carbons (Fsp3) is 0.667. The fourth-order valence-electron chi connectivity index (χ4n) is 3.51. The second kappa shape index (κ2) is 6.64. The van der Waals surface area contributed by atoms with Gasteiger partial charge in [-0.2, -0.15) is 4.98 Å². The number of aryl methyl sites for hydroxylation is 1. The van der Waals surface area contributed by atoms with Gasteiger partial charge in [-0.05, 0) is 19.3 Å². The van der Waals surface area contributed by atoms with Crippen molar-refractivity contribution in [3.63, 3.8) is 0 Å². The van der Waals surface area contributed by atoms with E-state index < -0.39 is 10.0 Å². The molecule has 1 amide bonds.